The van der Waals surface area contributed by atoms with E-state index < -0.39 is 5.79 Å². The van der Waals surface area contributed by atoms with Gasteiger partial charge >= 0.3 is 0 Å². The summed E-state index contributed by atoms with van der Waals surface area (Å²) in [5.74, 6) is 0.299. The van der Waals surface area contributed by atoms with Crippen molar-refractivity contribution in [3.05, 3.63) is 29.8 Å². The minimum atomic E-state index is -0.559. The van der Waals surface area contributed by atoms with Gasteiger partial charge in [-0.3, -0.25) is 4.84 Å². The lowest BCUT2D eigenvalue weighted by Crippen LogP contribution is -2.68. The van der Waals surface area contributed by atoms with E-state index >= 15 is 0 Å². The van der Waals surface area contributed by atoms with Crippen LogP contribution >= 0.6 is 0 Å². The van der Waals surface area contributed by atoms with Gasteiger partial charge in [0.15, 0.2) is 5.79 Å². The maximum Gasteiger partial charge on any atom is 0.171 e. The quantitative estimate of drug-likeness (QED) is 0.596. The van der Waals surface area contributed by atoms with Gasteiger partial charge < -0.3 is 18.9 Å². The summed E-state index contributed by atoms with van der Waals surface area (Å²) in [5, 5.41) is 2.16. The second kappa shape index (κ2) is 7.99. The predicted molar refractivity (Wildman–Crippen MR) is 119 cm³/mol. The molecule has 2 atom stereocenters. The number of rotatable bonds is 6. The van der Waals surface area contributed by atoms with Crippen molar-refractivity contribution < 1.29 is 23.8 Å². The minimum absolute atomic E-state index is 0.0525. The number of nitrogens with zero attached hydrogens (tertiary/aromatic N) is 1. The van der Waals surface area contributed by atoms with E-state index in [1.54, 1.807) is 0 Å². The average Bonchev–Trinajstić information content (AvgIpc) is 3.50. The van der Waals surface area contributed by atoms with Crippen molar-refractivity contribution in [1.82, 2.24) is 5.06 Å². The fraction of sp³-hybridized carbons (Fsp3) is 0.760. The SMILES string of the molecule is CC(ON1C(C)(C)CC2(CC1(C)C)OCC(C)(C)CO2)c1ccccc1OCC1CO1. The van der Waals surface area contributed by atoms with E-state index in [4.69, 9.17) is 23.8 Å². The molecule has 0 saturated carbocycles. The van der Waals surface area contributed by atoms with E-state index in [0.29, 0.717) is 19.8 Å². The molecule has 3 heterocycles. The fourth-order valence-electron chi connectivity index (χ4n) is 5.08. The molecule has 0 amide bonds. The molecule has 2 unspecified atom stereocenters. The van der Waals surface area contributed by atoms with Crippen LogP contribution in [0, 0.1) is 5.41 Å². The lowest BCUT2D eigenvalue weighted by atomic mass is 9.77. The monoisotopic (exact) mass is 433 g/mol. The molecule has 4 rings (SSSR count). The molecule has 0 bridgehead atoms. The van der Waals surface area contributed by atoms with Gasteiger partial charge in [-0.2, -0.15) is 5.06 Å². The molecule has 0 N–H and O–H groups in total. The highest BCUT2D eigenvalue weighted by Gasteiger charge is 2.57. The van der Waals surface area contributed by atoms with Crippen LogP contribution in [0.15, 0.2) is 24.3 Å². The Kier molecular flexibility index (Phi) is 5.93. The Balaban J connectivity index is 1.49. The fourth-order valence-corrected chi connectivity index (χ4v) is 5.08. The summed E-state index contributed by atoms with van der Waals surface area (Å²) < 4.78 is 24.1. The molecule has 3 aliphatic rings. The van der Waals surface area contributed by atoms with Gasteiger partial charge in [0.25, 0.3) is 0 Å². The predicted octanol–water partition coefficient (Wildman–Crippen LogP) is 4.88. The van der Waals surface area contributed by atoms with Gasteiger partial charge in [0.05, 0.1) is 19.8 Å². The summed E-state index contributed by atoms with van der Waals surface area (Å²) >= 11 is 0. The van der Waals surface area contributed by atoms with Gasteiger partial charge in [0, 0.05) is 34.9 Å². The van der Waals surface area contributed by atoms with E-state index in [-0.39, 0.29) is 28.7 Å². The van der Waals surface area contributed by atoms with E-state index in [9.17, 15) is 0 Å². The molecule has 1 aromatic carbocycles. The number of ether oxygens (including phenoxy) is 4. The van der Waals surface area contributed by atoms with E-state index in [0.717, 1.165) is 30.8 Å². The second-order valence-corrected chi connectivity index (χ2v) is 11.5. The molecule has 0 radical (unpaired) electrons. The lowest BCUT2D eigenvalue weighted by molar-refractivity contribution is -0.388. The number of benzene rings is 1. The Labute approximate surface area is 187 Å². The summed E-state index contributed by atoms with van der Waals surface area (Å²) in [5.41, 5.74) is 0.559. The molecule has 1 spiro atoms. The van der Waals surface area contributed by atoms with Crippen molar-refractivity contribution in [2.75, 3.05) is 26.4 Å². The number of para-hydroxylation sites is 1. The number of hydroxylamine groups is 2. The van der Waals surface area contributed by atoms with Crippen LogP contribution < -0.4 is 4.74 Å². The van der Waals surface area contributed by atoms with Crippen LogP contribution in [0.1, 0.15) is 73.0 Å². The smallest absolute Gasteiger partial charge is 0.171 e. The number of hydrogen-bond acceptors (Lipinski definition) is 6. The minimum Gasteiger partial charge on any atom is -0.490 e. The zero-order valence-corrected chi connectivity index (χ0v) is 20.2. The van der Waals surface area contributed by atoms with E-state index in [1.165, 1.54) is 0 Å². The molecule has 31 heavy (non-hydrogen) atoms. The molecule has 0 aromatic heterocycles. The average molecular weight is 434 g/mol. The van der Waals surface area contributed by atoms with Crippen molar-refractivity contribution in [2.24, 2.45) is 5.41 Å². The first-order valence-corrected chi connectivity index (χ1v) is 11.5. The molecule has 174 valence electrons. The zero-order chi connectivity index (χ0) is 22.5. The molecule has 0 aliphatic carbocycles. The molecule has 1 aromatic rings. The van der Waals surface area contributed by atoms with Crippen molar-refractivity contribution in [3.8, 4) is 5.75 Å². The summed E-state index contributed by atoms with van der Waals surface area (Å²) in [4.78, 5) is 6.66. The number of piperidine rings is 1. The zero-order valence-electron chi connectivity index (χ0n) is 20.2. The third-order valence-electron chi connectivity index (χ3n) is 6.40. The van der Waals surface area contributed by atoms with Crippen LogP contribution in [0.2, 0.25) is 0 Å². The van der Waals surface area contributed by atoms with Crippen LogP contribution in [0.3, 0.4) is 0 Å². The highest BCUT2D eigenvalue weighted by molar-refractivity contribution is 5.35. The molecule has 3 aliphatic heterocycles. The van der Waals surface area contributed by atoms with Gasteiger partial charge in [-0.15, -0.1) is 0 Å². The van der Waals surface area contributed by atoms with Crippen LogP contribution in [-0.4, -0.2) is 54.5 Å². The summed E-state index contributed by atoms with van der Waals surface area (Å²) in [6, 6.07) is 8.11. The molecular weight excluding hydrogens is 394 g/mol. The first kappa shape index (κ1) is 23.0. The highest BCUT2D eigenvalue weighted by atomic mass is 16.7. The van der Waals surface area contributed by atoms with E-state index in [1.807, 2.05) is 18.2 Å². The molecule has 6 heteroatoms. The van der Waals surface area contributed by atoms with Gasteiger partial charge in [-0.25, -0.2) is 0 Å². The normalized spacial score (nSPS) is 29.5. The van der Waals surface area contributed by atoms with Gasteiger partial charge in [0.2, 0.25) is 0 Å². The lowest BCUT2D eigenvalue weighted by Gasteiger charge is -2.59. The third kappa shape index (κ3) is 5.09. The van der Waals surface area contributed by atoms with Crippen LogP contribution in [0.25, 0.3) is 0 Å². The van der Waals surface area contributed by atoms with Crippen molar-refractivity contribution in [3.63, 3.8) is 0 Å². The Morgan fingerprint density at radius 3 is 2.16 bits per heavy atom. The maximum atomic E-state index is 6.66. The van der Waals surface area contributed by atoms with Crippen molar-refractivity contribution in [1.29, 1.82) is 0 Å². The maximum absolute atomic E-state index is 6.66. The second-order valence-electron chi connectivity index (χ2n) is 11.5. The van der Waals surface area contributed by atoms with Crippen molar-refractivity contribution >= 4 is 0 Å². The van der Waals surface area contributed by atoms with Crippen LogP contribution in [0.5, 0.6) is 5.75 Å². The Morgan fingerprint density at radius 1 is 1.00 bits per heavy atom. The summed E-state index contributed by atoms with van der Waals surface area (Å²) in [6.07, 6.45) is 1.57. The molecular formula is C25H39NO5. The summed E-state index contributed by atoms with van der Waals surface area (Å²) in [7, 11) is 0. The molecule has 3 fully saturated rings. The first-order chi connectivity index (χ1) is 14.4. The van der Waals surface area contributed by atoms with Gasteiger partial charge in [-0.05, 0) is 40.7 Å². The van der Waals surface area contributed by atoms with Crippen LogP contribution in [0.4, 0.5) is 0 Å². The molecule has 3 saturated heterocycles. The standard InChI is InChI=1S/C25H39NO5/c1-18(20-10-8-9-11-21(20)28-13-19-12-27-19)31-26-23(4,5)14-25(15-24(26,6)7)29-16-22(2,3)17-30-25/h8-11,18-19H,12-17H2,1-7H3. The number of hydrogen-bond donors (Lipinski definition) is 0. The third-order valence-corrected chi connectivity index (χ3v) is 6.40. The topological polar surface area (TPSA) is 52.7 Å². The van der Waals surface area contributed by atoms with E-state index in [2.05, 4.69) is 59.6 Å². The Hall–Kier alpha value is -1.18. The van der Waals surface area contributed by atoms with Gasteiger partial charge in [0.1, 0.15) is 24.6 Å². The largest absolute Gasteiger partial charge is 0.490 e. The Bertz CT molecular complexity index is 756. The highest BCUT2D eigenvalue weighted by Crippen LogP contribution is 2.49. The Morgan fingerprint density at radius 2 is 1.58 bits per heavy atom. The van der Waals surface area contributed by atoms with Crippen molar-refractivity contribution in [2.45, 2.75) is 90.4 Å². The first-order valence-electron chi connectivity index (χ1n) is 11.5. The molecule has 6 nitrogen and oxygen atoms in total. The van der Waals surface area contributed by atoms with Crippen LogP contribution in [-0.2, 0) is 19.0 Å². The number of epoxide rings is 1. The van der Waals surface area contributed by atoms with Gasteiger partial charge in [-0.1, -0.05) is 32.0 Å². The summed E-state index contributed by atoms with van der Waals surface area (Å²) in [6.45, 7) is 18.1.